The fourth-order valence-electron chi connectivity index (χ4n) is 0.479. The molecule has 0 saturated heterocycles. The van der Waals surface area contributed by atoms with Gasteiger partial charge in [0.2, 0.25) is 0 Å². The molecule has 0 heterocycles. The SMILES string of the molecule is CCCNCN(C)C. The highest BCUT2D eigenvalue weighted by atomic mass is 15.2. The molecular formula is C6H16N2. The van der Waals surface area contributed by atoms with Crippen molar-refractivity contribution in [3.63, 3.8) is 0 Å². The second kappa shape index (κ2) is 5.06. The molecule has 0 aliphatic rings. The lowest BCUT2D eigenvalue weighted by Crippen LogP contribution is -2.28. The average molecular weight is 116 g/mol. The van der Waals surface area contributed by atoms with Crippen LogP contribution in [0.4, 0.5) is 0 Å². The maximum absolute atomic E-state index is 3.26. The van der Waals surface area contributed by atoms with Gasteiger partial charge in [-0.1, -0.05) is 6.92 Å². The van der Waals surface area contributed by atoms with Crippen molar-refractivity contribution in [2.24, 2.45) is 0 Å². The normalized spacial score (nSPS) is 10.5. The predicted molar refractivity (Wildman–Crippen MR) is 36.8 cm³/mol. The van der Waals surface area contributed by atoms with E-state index in [0.717, 1.165) is 13.2 Å². The van der Waals surface area contributed by atoms with Gasteiger partial charge in [0.15, 0.2) is 0 Å². The number of hydrogen-bond acceptors (Lipinski definition) is 2. The summed E-state index contributed by atoms with van der Waals surface area (Å²) in [6, 6.07) is 0. The molecule has 2 heteroatoms. The summed E-state index contributed by atoms with van der Waals surface area (Å²) in [6.45, 7) is 4.29. The first-order valence-corrected chi connectivity index (χ1v) is 3.12. The van der Waals surface area contributed by atoms with Gasteiger partial charge in [-0.05, 0) is 27.1 Å². The van der Waals surface area contributed by atoms with Crippen molar-refractivity contribution < 1.29 is 0 Å². The Morgan fingerprint density at radius 2 is 2.00 bits per heavy atom. The van der Waals surface area contributed by atoms with Gasteiger partial charge in [0.1, 0.15) is 0 Å². The van der Waals surface area contributed by atoms with E-state index in [1.807, 2.05) is 0 Å². The highest BCUT2D eigenvalue weighted by Crippen LogP contribution is 1.70. The molecule has 2 nitrogen and oxygen atoms in total. The van der Waals surface area contributed by atoms with E-state index in [4.69, 9.17) is 0 Å². The van der Waals surface area contributed by atoms with Gasteiger partial charge in [-0.15, -0.1) is 0 Å². The Labute approximate surface area is 51.9 Å². The van der Waals surface area contributed by atoms with Crippen molar-refractivity contribution in [1.82, 2.24) is 10.2 Å². The van der Waals surface area contributed by atoms with E-state index >= 15 is 0 Å². The minimum Gasteiger partial charge on any atom is -0.304 e. The summed E-state index contributed by atoms with van der Waals surface area (Å²) in [5.41, 5.74) is 0. The Hall–Kier alpha value is -0.0800. The molecule has 0 aliphatic carbocycles. The molecule has 0 saturated carbocycles. The van der Waals surface area contributed by atoms with Crippen LogP contribution in [0, 0.1) is 0 Å². The molecule has 0 aliphatic heterocycles. The van der Waals surface area contributed by atoms with Crippen LogP contribution in [0.15, 0.2) is 0 Å². The van der Waals surface area contributed by atoms with Crippen molar-refractivity contribution >= 4 is 0 Å². The van der Waals surface area contributed by atoms with Crippen LogP contribution in [-0.2, 0) is 0 Å². The standard InChI is InChI=1S/C6H16N2/c1-4-5-7-6-8(2)3/h7H,4-6H2,1-3H3. The molecule has 1 N–H and O–H groups in total. The summed E-state index contributed by atoms with van der Waals surface area (Å²) in [7, 11) is 4.12. The van der Waals surface area contributed by atoms with Crippen LogP contribution < -0.4 is 5.32 Å². The summed E-state index contributed by atoms with van der Waals surface area (Å²) in [4.78, 5) is 2.12. The minimum absolute atomic E-state index is 0.994. The van der Waals surface area contributed by atoms with Crippen LogP contribution in [0.3, 0.4) is 0 Å². The van der Waals surface area contributed by atoms with Crippen LogP contribution in [0.25, 0.3) is 0 Å². The van der Waals surface area contributed by atoms with Crippen molar-refractivity contribution in [3.05, 3.63) is 0 Å². The lowest BCUT2D eigenvalue weighted by Gasteiger charge is -2.09. The summed E-state index contributed by atoms with van der Waals surface area (Å²) in [6.07, 6.45) is 1.22. The summed E-state index contributed by atoms with van der Waals surface area (Å²) >= 11 is 0. The van der Waals surface area contributed by atoms with Crippen LogP contribution in [0.1, 0.15) is 13.3 Å². The van der Waals surface area contributed by atoms with Crippen LogP contribution in [0.5, 0.6) is 0 Å². The average Bonchev–Trinajstić information content (AvgIpc) is 1.66. The van der Waals surface area contributed by atoms with E-state index in [1.165, 1.54) is 6.42 Å². The zero-order chi connectivity index (χ0) is 6.41. The van der Waals surface area contributed by atoms with Crippen LogP contribution in [-0.4, -0.2) is 32.2 Å². The Balaban J connectivity index is 2.72. The summed E-state index contributed by atoms with van der Waals surface area (Å²) in [5.74, 6) is 0. The lowest BCUT2D eigenvalue weighted by molar-refractivity contribution is 0.369. The third-order valence-electron chi connectivity index (χ3n) is 0.855. The Morgan fingerprint density at radius 1 is 1.38 bits per heavy atom. The van der Waals surface area contributed by atoms with Crippen molar-refractivity contribution in [2.75, 3.05) is 27.3 Å². The zero-order valence-electron chi connectivity index (χ0n) is 6.07. The zero-order valence-corrected chi connectivity index (χ0v) is 6.07. The topological polar surface area (TPSA) is 15.3 Å². The van der Waals surface area contributed by atoms with Gasteiger partial charge < -0.3 is 5.32 Å². The van der Waals surface area contributed by atoms with Crippen LogP contribution in [0.2, 0.25) is 0 Å². The summed E-state index contributed by atoms with van der Waals surface area (Å²) in [5, 5.41) is 3.26. The van der Waals surface area contributed by atoms with E-state index in [9.17, 15) is 0 Å². The predicted octanol–water partition coefficient (Wildman–Crippen LogP) is 0.505. The molecule has 0 fully saturated rings. The molecule has 0 aromatic heterocycles. The van der Waals surface area contributed by atoms with E-state index < -0.39 is 0 Å². The van der Waals surface area contributed by atoms with E-state index in [1.54, 1.807) is 0 Å². The molecule has 8 heavy (non-hydrogen) atoms. The third-order valence-corrected chi connectivity index (χ3v) is 0.855. The quantitative estimate of drug-likeness (QED) is 0.425. The smallest absolute Gasteiger partial charge is 0.0474 e. The van der Waals surface area contributed by atoms with Gasteiger partial charge in [-0.3, -0.25) is 4.90 Å². The third kappa shape index (κ3) is 5.92. The van der Waals surface area contributed by atoms with Gasteiger partial charge >= 0.3 is 0 Å². The molecule has 0 rings (SSSR count). The molecule has 0 unspecified atom stereocenters. The maximum atomic E-state index is 3.26. The van der Waals surface area contributed by atoms with E-state index in [0.29, 0.717) is 0 Å². The first-order chi connectivity index (χ1) is 3.77. The largest absolute Gasteiger partial charge is 0.304 e. The first-order valence-electron chi connectivity index (χ1n) is 3.12. The minimum atomic E-state index is 0.994. The highest BCUT2D eigenvalue weighted by Gasteiger charge is 1.83. The fraction of sp³-hybridized carbons (Fsp3) is 1.00. The van der Waals surface area contributed by atoms with Gasteiger partial charge in [0.25, 0.3) is 0 Å². The number of rotatable bonds is 4. The van der Waals surface area contributed by atoms with Gasteiger partial charge in [0.05, 0.1) is 0 Å². The van der Waals surface area contributed by atoms with Crippen molar-refractivity contribution in [3.8, 4) is 0 Å². The molecule has 0 amide bonds. The fourth-order valence-corrected chi connectivity index (χ4v) is 0.479. The molecular weight excluding hydrogens is 100 g/mol. The van der Waals surface area contributed by atoms with E-state index in [2.05, 4.69) is 31.2 Å². The molecule has 0 spiro atoms. The number of nitrogens with zero attached hydrogens (tertiary/aromatic N) is 1. The molecule has 50 valence electrons. The molecule has 0 atom stereocenters. The monoisotopic (exact) mass is 116 g/mol. The highest BCUT2D eigenvalue weighted by molar-refractivity contribution is 4.40. The molecule has 0 aromatic rings. The molecule has 0 radical (unpaired) electrons. The first kappa shape index (κ1) is 7.92. The van der Waals surface area contributed by atoms with Gasteiger partial charge in [-0.25, -0.2) is 0 Å². The van der Waals surface area contributed by atoms with Crippen LogP contribution >= 0.6 is 0 Å². The Bertz CT molecular complexity index is 43.8. The molecule has 0 bridgehead atoms. The Morgan fingerprint density at radius 3 is 2.38 bits per heavy atom. The van der Waals surface area contributed by atoms with Crippen molar-refractivity contribution in [2.45, 2.75) is 13.3 Å². The maximum Gasteiger partial charge on any atom is 0.0474 e. The number of hydrogen-bond donors (Lipinski definition) is 1. The Kier molecular flexibility index (Phi) is 5.01. The van der Waals surface area contributed by atoms with Gasteiger partial charge in [0, 0.05) is 6.67 Å². The lowest BCUT2D eigenvalue weighted by atomic mass is 10.5. The van der Waals surface area contributed by atoms with Gasteiger partial charge in [-0.2, -0.15) is 0 Å². The second-order valence-corrected chi connectivity index (χ2v) is 2.24. The number of nitrogens with one attached hydrogen (secondary N) is 1. The van der Waals surface area contributed by atoms with E-state index in [-0.39, 0.29) is 0 Å². The second-order valence-electron chi connectivity index (χ2n) is 2.24. The van der Waals surface area contributed by atoms with Crippen molar-refractivity contribution in [1.29, 1.82) is 0 Å². The molecule has 0 aromatic carbocycles. The summed E-state index contributed by atoms with van der Waals surface area (Å²) < 4.78 is 0.